The predicted octanol–water partition coefficient (Wildman–Crippen LogP) is 4.25. The molecule has 3 heterocycles. The molecule has 1 amide bonds. The summed E-state index contributed by atoms with van der Waals surface area (Å²) >= 11 is 0. The molecule has 0 spiro atoms. The number of hydrogen-bond acceptors (Lipinski definition) is 7. The van der Waals surface area contributed by atoms with Crippen LogP contribution in [0.4, 0.5) is 37.8 Å². The number of hydrogen-bond donors (Lipinski definition) is 2. The molecule has 192 valence electrons. The van der Waals surface area contributed by atoms with Gasteiger partial charge in [-0.15, -0.1) is 0 Å². The molecule has 8 nitrogen and oxygen atoms in total. The van der Waals surface area contributed by atoms with Gasteiger partial charge in [-0.1, -0.05) is 0 Å². The van der Waals surface area contributed by atoms with Gasteiger partial charge in [0.1, 0.15) is 10.8 Å². The lowest BCUT2D eigenvalue weighted by Gasteiger charge is -2.41. The number of anilines is 2. The molecular formula is C20H21F6N5O3S. The normalized spacial score (nSPS) is 20.9. The van der Waals surface area contributed by atoms with E-state index in [-0.39, 0.29) is 29.7 Å². The van der Waals surface area contributed by atoms with Crippen LogP contribution in [0.25, 0.3) is 0 Å². The van der Waals surface area contributed by atoms with Crippen molar-refractivity contribution in [3.63, 3.8) is 0 Å². The Bertz CT molecular complexity index is 1230. The maximum Gasteiger partial charge on any atom is 0.418 e. The lowest BCUT2D eigenvalue weighted by atomic mass is 10.0. The van der Waals surface area contributed by atoms with Crippen LogP contribution in [0.3, 0.4) is 0 Å². The fourth-order valence-electron chi connectivity index (χ4n) is 3.71. The Morgan fingerprint density at radius 1 is 1.26 bits per heavy atom. The van der Waals surface area contributed by atoms with Crippen LogP contribution in [0.1, 0.15) is 28.4 Å². The largest absolute Gasteiger partial charge is 0.418 e. The summed E-state index contributed by atoms with van der Waals surface area (Å²) in [6.45, 7) is 1.66. The Balaban J connectivity index is 2.11. The van der Waals surface area contributed by atoms with Gasteiger partial charge < -0.3 is 15.0 Å². The summed E-state index contributed by atoms with van der Waals surface area (Å²) in [5.74, 6) is -1.45. The van der Waals surface area contributed by atoms with Crippen LogP contribution >= 0.6 is 0 Å². The van der Waals surface area contributed by atoms with E-state index in [1.165, 1.54) is 13.0 Å². The smallest absolute Gasteiger partial charge is 0.365 e. The molecule has 2 aromatic heterocycles. The Morgan fingerprint density at radius 2 is 1.91 bits per heavy atom. The SMILES string of the molecule is Cc1c(C(F)(F)F)cnc(N2CCO[C@@H](C(F)(F)F)[C@H]2C)c1C(=O)Nc1ccnc([S@](C)(=N)=O)c1. The predicted molar refractivity (Wildman–Crippen MR) is 114 cm³/mol. The number of aromatic nitrogens is 2. The second-order valence-electron chi connectivity index (χ2n) is 7.94. The summed E-state index contributed by atoms with van der Waals surface area (Å²) in [5.41, 5.74) is -2.35. The van der Waals surface area contributed by atoms with Gasteiger partial charge in [-0.25, -0.2) is 19.0 Å². The minimum Gasteiger partial charge on any atom is -0.365 e. The van der Waals surface area contributed by atoms with Crippen molar-refractivity contribution < 1.29 is 40.1 Å². The monoisotopic (exact) mass is 525 g/mol. The fourth-order valence-corrected chi connectivity index (χ4v) is 4.32. The van der Waals surface area contributed by atoms with E-state index in [2.05, 4.69) is 15.3 Å². The van der Waals surface area contributed by atoms with E-state index in [1.54, 1.807) is 0 Å². The number of carbonyl (C=O) groups excluding carboxylic acids is 1. The molecule has 3 atom stereocenters. The highest BCUT2D eigenvalue weighted by Crippen LogP contribution is 2.38. The third kappa shape index (κ3) is 5.66. The summed E-state index contributed by atoms with van der Waals surface area (Å²) in [7, 11) is -3.26. The number of alkyl halides is 6. The molecule has 0 radical (unpaired) electrons. The average molecular weight is 525 g/mol. The number of morpholine rings is 1. The first-order chi connectivity index (χ1) is 16.0. The molecular weight excluding hydrogens is 504 g/mol. The minimum atomic E-state index is -4.88. The van der Waals surface area contributed by atoms with Gasteiger partial charge in [0.05, 0.1) is 33.5 Å². The molecule has 2 aromatic rings. The summed E-state index contributed by atoms with van der Waals surface area (Å²) in [5, 5.41) is 2.17. The van der Waals surface area contributed by atoms with Crippen LogP contribution in [0.2, 0.25) is 0 Å². The van der Waals surface area contributed by atoms with Crippen molar-refractivity contribution in [3.8, 4) is 0 Å². The molecule has 0 aromatic carbocycles. The first-order valence-electron chi connectivity index (χ1n) is 10.0. The van der Waals surface area contributed by atoms with Gasteiger partial charge in [0.15, 0.2) is 6.10 Å². The third-order valence-electron chi connectivity index (χ3n) is 5.40. The van der Waals surface area contributed by atoms with Crippen molar-refractivity contribution in [2.24, 2.45) is 0 Å². The quantitative estimate of drug-likeness (QED) is 0.578. The molecule has 1 saturated heterocycles. The van der Waals surface area contributed by atoms with Gasteiger partial charge in [-0.3, -0.25) is 4.79 Å². The van der Waals surface area contributed by atoms with Gasteiger partial charge >= 0.3 is 12.4 Å². The maximum absolute atomic E-state index is 13.6. The number of halogens is 6. The van der Waals surface area contributed by atoms with Gasteiger partial charge in [-0.2, -0.15) is 26.3 Å². The molecule has 3 rings (SSSR count). The van der Waals surface area contributed by atoms with E-state index < -0.39 is 56.8 Å². The van der Waals surface area contributed by atoms with Crippen molar-refractivity contribution in [1.29, 1.82) is 4.78 Å². The Labute approximate surface area is 196 Å². The number of pyridine rings is 2. The number of rotatable bonds is 4. The van der Waals surface area contributed by atoms with Crippen molar-refractivity contribution >= 4 is 27.1 Å². The highest BCUT2D eigenvalue weighted by atomic mass is 32.2. The average Bonchev–Trinajstić information content (AvgIpc) is 2.71. The Morgan fingerprint density at radius 3 is 2.49 bits per heavy atom. The molecule has 1 aliphatic rings. The zero-order chi connectivity index (χ0) is 26.3. The third-order valence-corrected chi connectivity index (χ3v) is 6.42. The van der Waals surface area contributed by atoms with Gasteiger partial charge in [0, 0.05) is 30.9 Å². The van der Waals surface area contributed by atoms with E-state index in [0.717, 1.165) is 30.3 Å². The Hall–Kier alpha value is -2.94. The molecule has 0 unspecified atom stereocenters. The Kier molecular flexibility index (Phi) is 7.05. The number of carbonyl (C=O) groups is 1. The molecule has 35 heavy (non-hydrogen) atoms. The number of ether oxygens (including phenoxy) is 1. The van der Waals surface area contributed by atoms with E-state index in [0.29, 0.717) is 6.20 Å². The van der Waals surface area contributed by atoms with Crippen molar-refractivity contribution in [2.75, 3.05) is 29.6 Å². The minimum absolute atomic E-state index is 0.0206. The van der Waals surface area contributed by atoms with Crippen molar-refractivity contribution in [1.82, 2.24) is 9.97 Å². The van der Waals surface area contributed by atoms with E-state index in [1.807, 2.05) is 0 Å². The van der Waals surface area contributed by atoms with Crippen LogP contribution in [0.15, 0.2) is 29.6 Å². The molecule has 0 bridgehead atoms. The molecule has 2 N–H and O–H groups in total. The first kappa shape index (κ1) is 26.7. The zero-order valence-corrected chi connectivity index (χ0v) is 19.4. The summed E-state index contributed by atoms with van der Waals surface area (Å²) in [4.78, 5) is 21.8. The van der Waals surface area contributed by atoms with Crippen LogP contribution in [-0.2, 0) is 20.6 Å². The zero-order valence-electron chi connectivity index (χ0n) is 18.6. The molecule has 15 heteroatoms. The lowest BCUT2D eigenvalue weighted by molar-refractivity contribution is -0.231. The van der Waals surface area contributed by atoms with Gasteiger partial charge in [0.25, 0.3) is 5.91 Å². The molecule has 1 aliphatic heterocycles. The van der Waals surface area contributed by atoms with Crippen LogP contribution in [0.5, 0.6) is 0 Å². The van der Waals surface area contributed by atoms with E-state index in [9.17, 15) is 35.3 Å². The second kappa shape index (κ2) is 9.26. The number of nitrogens with one attached hydrogen (secondary N) is 2. The summed E-state index contributed by atoms with van der Waals surface area (Å²) < 4.78 is 105. The first-order valence-corrected chi connectivity index (χ1v) is 12.0. The van der Waals surface area contributed by atoms with E-state index >= 15 is 0 Å². The van der Waals surface area contributed by atoms with Gasteiger partial charge in [0.2, 0.25) is 0 Å². The summed E-state index contributed by atoms with van der Waals surface area (Å²) in [6.07, 6.45) is -9.15. The number of amides is 1. The molecule has 0 aliphatic carbocycles. The van der Waals surface area contributed by atoms with Crippen molar-refractivity contribution in [3.05, 3.63) is 41.2 Å². The lowest BCUT2D eigenvalue weighted by Crippen LogP contribution is -2.56. The molecule has 0 saturated carbocycles. The highest BCUT2D eigenvalue weighted by molar-refractivity contribution is 7.91. The maximum atomic E-state index is 13.6. The van der Waals surface area contributed by atoms with Crippen LogP contribution < -0.4 is 10.2 Å². The number of nitrogens with zero attached hydrogens (tertiary/aromatic N) is 3. The van der Waals surface area contributed by atoms with E-state index in [4.69, 9.17) is 9.52 Å². The highest BCUT2D eigenvalue weighted by Gasteiger charge is 2.49. The molecule has 1 fully saturated rings. The van der Waals surface area contributed by atoms with Gasteiger partial charge in [-0.05, 0) is 31.5 Å². The van der Waals surface area contributed by atoms with Crippen LogP contribution in [0, 0.1) is 11.7 Å². The fraction of sp³-hybridized carbons (Fsp3) is 0.450. The summed E-state index contributed by atoms with van der Waals surface area (Å²) in [6, 6.07) is 1.000. The van der Waals surface area contributed by atoms with Crippen molar-refractivity contribution in [2.45, 2.75) is 43.4 Å². The topological polar surface area (TPSA) is 108 Å². The standard InChI is InChI=1S/C20H21F6N5O3S/c1-10-13(19(21,22)23)9-29-17(31-6-7-34-16(11(31)2)20(24,25)26)15(10)18(32)30-12-4-5-28-14(8-12)35(3,27)33/h4-5,8-9,11,16,27H,6-7H2,1-3H3,(H,28,30,32)/t11-,16-,35-/m1/s1. The van der Waals surface area contributed by atoms with Crippen LogP contribution in [-0.4, -0.2) is 57.8 Å². The second-order valence-corrected chi connectivity index (χ2v) is 10.0.